The summed E-state index contributed by atoms with van der Waals surface area (Å²) in [6.07, 6.45) is 3.46. The second kappa shape index (κ2) is 8.09. The second-order valence-electron chi connectivity index (χ2n) is 5.17. The van der Waals surface area contributed by atoms with Gasteiger partial charge in [0.25, 0.3) is 0 Å². The van der Waals surface area contributed by atoms with Gasteiger partial charge >= 0.3 is 5.97 Å². The highest BCUT2D eigenvalue weighted by Crippen LogP contribution is 2.27. The number of aliphatic hydroxyl groups is 2. The molecule has 0 spiro atoms. The topological polar surface area (TPSA) is 89.8 Å². The van der Waals surface area contributed by atoms with Crippen LogP contribution < -0.4 is 5.32 Å². The quantitative estimate of drug-likeness (QED) is 0.422. The number of thioether (sulfide) groups is 1. The van der Waals surface area contributed by atoms with E-state index >= 15 is 0 Å². The fraction of sp³-hybridized carbons (Fsp3) is 0.923. The molecule has 19 heavy (non-hydrogen) atoms. The van der Waals surface area contributed by atoms with Crippen LogP contribution >= 0.6 is 11.8 Å². The Morgan fingerprint density at radius 3 is 2.68 bits per heavy atom. The van der Waals surface area contributed by atoms with Gasteiger partial charge in [0.1, 0.15) is 5.54 Å². The minimum Gasteiger partial charge on any atom is -0.480 e. The van der Waals surface area contributed by atoms with Gasteiger partial charge in [0.2, 0.25) is 0 Å². The van der Waals surface area contributed by atoms with Crippen LogP contribution in [0.1, 0.15) is 39.0 Å². The first kappa shape index (κ1) is 16.8. The SMILES string of the molecule is CCC(CCCSCC(O)CO)(NC1CC1)C(=O)O. The van der Waals surface area contributed by atoms with Crippen LogP contribution in [-0.2, 0) is 4.79 Å². The minimum atomic E-state index is -0.794. The van der Waals surface area contributed by atoms with Crippen molar-refractivity contribution in [1.29, 1.82) is 0 Å². The molecular weight excluding hydrogens is 266 g/mol. The molecule has 1 saturated carbocycles. The van der Waals surface area contributed by atoms with Crippen LogP contribution in [0, 0.1) is 0 Å². The van der Waals surface area contributed by atoms with Gasteiger partial charge in [-0.2, -0.15) is 11.8 Å². The molecule has 0 aromatic rings. The molecule has 6 heteroatoms. The first-order valence-electron chi connectivity index (χ1n) is 6.92. The van der Waals surface area contributed by atoms with Crippen molar-refractivity contribution in [1.82, 2.24) is 5.32 Å². The van der Waals surface area contributed by atoms with E-state index in [0.29, 0.717) is 24.6 Å². The van der Waals surface area contributed by atoms with Crippen molar-refractivity contribution in [2.75, 3.05) is 18.1 Å². The van der Waals surface area contributed by atoms with Crippen molar-refractivity contribution < 1.29 is 20.1 Å². The first-order chi connectivity index (χ1) is 9.04. The second-order valence-corrected chi connectivity index (χ2v) is 6.32. The van der Waals surface area contributed by atoms with E-state index < -0.39 is 17.6 Å². The standard InChI is InChI=1S/C13H25NO4S/c1-2-13(12(17)18,14-10-4-5-10)6-3-7-19-9-11(16)8-15/h10-11,14-16H,2-9H2,1H3,(H,17,18). The average molecular weight is 291 g/mol. The predicted octanol–water partition coefficient (Wildman–Crippen LogP) is 0.838. The molecule has 0 aliphatic heterocycles. The average Bonchev–Trinajstić information content (AvgIpc) is 3.20. The number of hydrogen-bond acceptors (Lipinski definition) is 5. The van der Waals surface area contributed by atoms with Crippen LogP contribution in [0.5, 0.6) is 0 Å². The van der Waals surface area contributed by atoms with Crippen molar-refractivity contribution in [2.45, 2.75) is 56.7 Å². The van der Waals surface area contributed by atoms with Crippen LogP contribution in [0.25, 0.3) is 0 Å². The summed E-state index contributed by atoms with van der Waals surface area (Å²) in [4.78, 5) is 11.5. The first-order valence-corrected chi connectivity index (χ1v) is 8.07. The van der Waals surface area contributed by atoms with Crippen molar-refractivity contribution in [3.05, 3.63) is 0 Å². The fourth-order valence-corrected chi connectivity index (χ4v) is 2.93. The maximum absolute atomic E-state index is 11.5. The molecule has 1 aliphatic rings. The van der Waals surface area contributed by atoms with Gasteiger partial charge in [-0.05, 0) is 37.9 Å². The van der Waals surface area contributed by atoms with Gasteiger partial charge in [-0.25, -0.2) is 0 Å². The van der Waals surface area contributed by atoms with Crippen molar-refractivity contribution in [2.24, 2.45) is 0 Å². The molecule has 1 rings (SSSR count). The Morgan fingerprint density at radius 1 is 1.53 bits per heavy atom. The monoisotopic (exact) mass is 291 g/mol. The van der Waals surface area contributed by atoms with Crippen LogP contribution in [-0.4, -0.2) is 57.1 Å². The van der Waals surface area contributed by atoms with Gasteiger partial charge in [-0.15, -0.1) is 0 Å². The van der Waals surface area contributed by atoms with Crippen molar-refractivity contribution in [3.8, 4) is 0 Å². The van der Waals surface area contributed by atoms with Crippen LogP contribution in [0.4, 0.5) is 0 Å². The third kappa shape index (κ3) is 5.69. The predicted molar refractivity (Wildman–Crippen MR) is 76.5 cm³/mol. The fourth-order valence-electron chi connectivity index (χ4n) is 2.04. The lowest BCUT2D eigenvalue weighted by Crippen LogP contribution is -2.52. The molecule has 2 atom stereocenters. The summed E-state index contributed by atoms with van der Waals surface area (Å²) in [6, 6.07) is 0.375. The summed E-state index contributed by atoms with van der Waals surface area (Å²) in [7, 11) is 0. The number of carboxylic acid groups (broad SMARTS) is 1. The van der Waals surface area contributed by atoms with Gasteiger partial charge in [0.05, 0.1) is 12.7 Å². The highest BCUT2D eigenvalue weighted by atomic mass is 32.2. The largest absolute Gasteiger partial charge is 0.480 e. The summed E-state index contributed by atoms with van der Waals surface area (Å²) >= 11 is 1.55. The summed E-state index contributed by atoms with van der Waals surface area (Å²) in [5.74, 6) is 0.541. The number of hydrogen-bond donors (Lipinski definition) is 4. The zero-order chi connectivity index (χ0) is 14.3. The highest BCUT2D eigenvalue weighted by molar-refractivity contribution is 7.99. The zero-order valence-electron chi connectivity index (χ0n) is 11.5. The normalized spacial score (nSPS) is 19.9. The third-order valence-corrected chi connectivity index (χ3v) is 4.68. The van der Waals surface area contributed by atoms with Crippen molar-refractivity contribution in [3.63, 3.8) is 0 Å². The zero-order valence-corrected chi connectivity index (χ0v) is 12.3. The molecule has 0 radical (unpaired) electrons. The lowest BCUT2D eigenvalue weighted by molar-refractivity contribution is -0.145. The number of carboxylic acids is 1. The molecule has 0 heterocycles. The molecule has 0 bridgehead atoms. The Balaban J connectivity index is 2.30. The number of carbonyl (C=O) groups is 1. The number of rotatable bonds is 11. The maximum atomic E-state index is 11.5. The lowest BCUT2D eigenvalue weighted by Gasteiger charge is -2.29. The number of aliphatic hydroxyl groups excluding tert-OH is 2. The Bertz CT molecular complexity index is 286. The molecule has 1 aliphatic carbocycles. The maximum Gasteiger partial charge on any atom is 0.323 e. The summed E-state index contributed by atoms with van der Waals surface area (Å²) in [6.45, 7) is 1.69. The van der Waals surface area contributed by atoms with Gasteiger partial charge in [0, 0.05) is 11.8 Å². The molecule has 112 valence electrons. The van der Waals surface area contributed by atoms with E-state index in [0.717, 1.165) is 25.0 Å². The molecule has 0 saturated heterocycles. The highest BCUT2D eigenvalue weighted by Gasteiger charge is 2.40. The van der Waals surface area contributed by atoms with Crippen LogP contribution in [0.2, 0.25) is 0 Å². The van der Waals surface area contributed by atoms with Crippen molar-refractivity contribution >= 4 is 17.7 Å². The van der Waals surface area contributed by atoms with E-state index in [2.05, 4.69) is 5.32 Å². The van der Waals surface area contributed by atoms with Gasteiger partial charge in [-0.3, -0.25) is 10.1 Å². The number of aliphatic carboxylic acids is 1. The molecule has 4 N–H and O–H groups in total. The molecular formula is C13H25NO4S. The third-order valence-electron chi connectivity index (χ3n) is 3.48. The van der Waals surface area contributed by atoms with Gasteiger partial charge in [0.15, 0.2) is 0 Å². The molecule has 0 aromatic heterocycles. The Morgan fingerprint density at radius 2 is 2.21 bits per heavy atom. The molecule has 0 aromatic carbocycles. The lowest BCUT2D eigenvalue weighted by atomic mass is 9.90. The molecule has 1 fully saturated rings. The summed E-state index contributed by atoms with van der Waals surface area (Å²) < 4.78 is 0. The van der Waals surface area contributed by atoms with E-state index in [-0.39, 0.29) is 6.61 Å². The van der Waals surface area contributed by atoms with Gasteiger partial charge < -0.3 is 15.3 Å². The van der Waals surface area contributed by atoms with E-state index in [1.807, 2.05) is 6.92 Å². The summed E-state index contributed by atoms with van der Waals surface area (Å²) in [5.41, 5.74) is -0.794. The van der Waals surface area contributed by atoms with Crippen LogP contribution in [0.3, 0.4) is 0 Å². The van der Waals surface area contributed by atoms with Crippen LogP contribution in [0.15, 0.2) is 0 Å². The molecule has 0 amide bonds. The number of nitrogens with one attached hydrogen (secondary N) is 1. The minimum absolute atomic E-state index is 0.218. The van der Waals surface area contributed by atoms with E-state index in [1.165, 1.54) is 0 Å². The van der Waals surface area contributed by atoms with Gasteiger partial charge in [-0.1, -0.05) is 6.92 Å². The molecule has 5 nitrogen and oxygen atoms in total. The smallest absolute Gasteiger partial charge is 0.323 e. The van der Waals surface area contributed by atoms with E-state index in [4.69, 9.17) is 5.11 Å². The summed E-state index contributed by atoms with van der Waals surface area (Å²) in [5, 5.41) is 30.6. The Hall–Kier alpha value is -0.300. The Kier molecular flexibility index (Phi) is 7.13. The van der Waals surface area contributed by atoms with E-state index in [1.54, 1.807) is 11.8 Å². The Labute approximate surface area is 118 Å². The molecule has 2 unspecified atom stereocenters. The van der Waals surface area contributed by atoms with E-state index in [9.17, 15) is 15.0 Å².